The third-order valence-corrected chi connectivity index (χ3v) is 3.97. The van der Waals surface area contributed by atoms with E-state index in [1.165, 1.54) is 6.07 Å². The Morgan fingerprint density at radius 2 is 1.94 bits per heavy atom. The third-order valence-electron chi connectivity index (χ3n) is 2.96. The van der Waals surface area contributed by atoms with Gasteiger partial charge in [0.15, 0.2) is 0 Å². The lowest BCUT2D eigenvalue weighted by atomic mass is 10.0. The maximum absolute atomic E-state index is 11.4. The number of hydrogen-bond donors (Lipinski definition) is 2. The van der Waals surface area contributed by atoms with E-state index in [2.05, 4.69) is 0 Å². The van der Waals surface area contributed by atoms with Gasteiger partial charge in [0.1, 0.15) is 0 Å². The summed E-state index contributed by atoms with van der Waals surface area (Å²) < 4.78 is 22.7. The molecule has 4 N–H and O–H groups in total. The zero-order valence-corrected chi connectivity index (χ0v) is 9.78. The Morgan fingerprint density at radius 3 is 2.50 bits per heavy atom. The third kappa shape index (κ3) is 2.61. The SMILES string of the molecule is NC(Cc1ccccc1S(N)(=O)=O)C1CC1. The largest absolute Gasteiger partial charge is 0.327 e. The normalized spacial score (nSPS) is 18.4. The topological polar surface area (TPSA) is 86.2 Å². The molecule has 1 aliphatic carbocycles. The Labute approximate surface area is 95.7 Å². The van der Waals surface area contributed by atoms with Crippen molar-refractivity contribution in [2.45, 2.75) is 30.2 Å². The van der Waals surface area contributed by atoms with Crippen molar-refractivity contribution in [1.29, 1.82) is 0 Å². The van der Waals surface area contributed by atoms with Crippen molar-refractivity contribution in [3.05, 3.63) is 29.8 Å². The summed E-state index contributed by atoms with van der Waals surface area (Å²) in [4.78, 5) is 0.200. The van der Waals surface area contributed by atoms with Crippen molar-refractivity contribution in [3.8, 4) is 0 Å². The predicted octanol–water partition coefficient (Wildman–Crippen LogP) is 0.614. The van der Waals surface area contributed by atoms with Crippen LogP contribution in [0.1, 0.15) is 18.4 Å². The van der Waals surface area contributed by atoms with E-state index in [0.29, 0.717) is 12.3 Å². The average molecular weight is 240 g/mol. The zero-order valence-electron chi connectivity index (χ0n) is 8.96. The summed E-state index contributed by atoms with van der Waals surface area (Å²) in [5.74, 6) is 0.550. The number of sulfonamides is 1. The molecule has 1 aromatic rings. The lowest BCUT2D eigenvalue weighted by Crippen LogP contribution is -2.26. The van der Waals surface area contributed by atoms with Gasteiger partial charge in [0.25, 0.3) is 0 Å². The lowest BCUT2D eigenvalue weighted by Gasteiger charge is -2.12. The summed E-state index contributed by atoms with van der Waals surface area (Å²) in [7, 11) is -3.64. The van der Waals surface area contributed by atoms with E-state index < -0.39 is 10.0 Å². The summed E-state index contributed by atoms with van der Waals surface area (Å²) in [5, 5.41) is 5.16. The molecule has 1 aromatic carbocycles. The molecule has 0 saturated heterocycles. The van der Waals surface area contributed by atoms with E-state index in [-0.39, 0.29) is 10.9 Å². The van der Waals surface area contributed by atoms with Gasteiger partial charge < -0.3 is 5.73 Å². The van der Waals surface area contributed by atoms with Gasteiger partial charge in [-0.1, -0.05) is 18.2 Å². The van der Waals surface area contributed by atoms with Crippen LogP contribution in [-0.2, 0) is 16.4 Å². The van der Waals surface area contributed by atoms with Crippen LogP contribution in [0.5, 0.6) is 0 Å². The molecule has 0 aromatic heterocycles. The van der Waals surface area contributed by atoms with Crippen LogP contribution in [0.3, 0.4) is 0 Å². The molecule has 0 bridgehead atoms. The molecule has 0 radical (unpaired) electrons. The summed E-state index contributed by atoms with van der Waals surface area (Å²) in [6.07, 6.45) is 2.88. The quantitative estimate of drug-likeness (QED) is 0.808. The predicted molar refractivity (Wildman–Crippen MR) is 62.2 cm³/mol. The molecular formula is C11H16N2O2S. The van der Waals surface area contributed by atoms with Gasteiger partial charge in [0.2, 0.25) is 10.0 Å². The first-order valence-electron chi connectivity index (χ1n) is 5.35. The highest BCUT2D eigenvalue weighted by Crippen LogP contribution is 2.33. The number of rotatable bonds is 4. The van der Waals surface area contributed by atoms with E-state index in [4.69, 9.17) is 10.9 Å². The molecule has 5 heteroatoms. The molecule has 1 atom stereocenters. The highest BCUT2D eigenvalue weighted by atomic mass is 32.2. The molecule has 1 saturated carbocycles. The standard InChI is InChI=1S/C11H16N2O2S/c12-10(8-5-6-8)7-9-3-1-2-4-11(9)16(13,14)15/h1-4,8,10H,5-7,12H2,(H2,13,14,15). The van der Waals surface area contributed by atoms with Crippen LogP contribution in [0.15, 0.2) is 29.2 Å². The molecule has 2 rings (SSSR count). The van der Waals surface area contributed by atoms with Gasteiger partial charge in [0, 0.05) is 6.04 Å². The van der Waals surface area contributed by atoms with Crippen LogP contribution in [0.25, 0.3) is 0 Å². The van der Waals surface area contributed by atoms with Gasteiger partial charge >= 0.3 is 0 Å². The number of hydrogen-bond acceptors (Lipinski definition) is 3. The van der Waals surface area contributed by atoms with Gasteiger partial charge in [-0.25, -0.2) is 13.6 Å². The fourth-order valence-corrected chi connectivity index (χ4v) is 2.68. The van der Waals surface area contributed by atoms with E-state index in [1.807, 2.05) is 6.07 Å². The van der Waals surface area contributed by atoms with Gasteiger partial charge in [-0.15, -0.1) is 0 Å². The smallest absolute Gasteiger partial charge is 0.238 e. The molecule has 1 aliphatic rings. The van der Waals surface area contributed by atoms with Crippen LogP contribution in [0.4, 0.5) is 0 Å². The minimum absolute atomic E-state index is 0.0444. The number of nitrogens with two attached hydrogens (primary N) is 2. The molecule has 88 valence electrons. The molecule has 1 unspecified atom stereocenters. The summed E-state index contributed by atoms with van der Waals surface area (Å²) in [6, 6.07) is 6.84. The van der Waals surface area contributed by atoms with Crippen LogP contribution < -0.4 is 10.9 Å². The monoisotopic (exact) mass is 240 g/mol. The van der Waals surface area contributed by atoms with Crippen LogP contribution in [-0.4, -0.2) is 14.5 Å². The van der Waals surface area contributed by atoms with E-state index >= 15 is 0 Å². The van der Waals surface area contributed by atoms with Crippen molar-refractivity contribution in [3.63, 3.8) is 0 Å². The van der Waals surface area contributed by atoms with Crippen LogP contribution in [0.2, 0.25) is 0 Å². The molecule has 0 amide bonds. The molecule has 16 heavy (non-hydrogen) atoms. The Balaban J connectivity index is 2.26. The van der Waals surface area contributed by atoms with Crippen molar-refractivity contribution >= 4 is 10.0 Å². The average Bonchev–Trinajstić information content (AvgIpc) is 2.99. The van der Waals surface area contributed by atoms with Gasteiger partial charge in [-0.3, -0.25) is 0 Å². The van der Waals surface area contributed by atoms with E-state index in [1.54, 1.807) is 12.1 Å². The van der Waals surface area contributed by atoms with Crippen LogP contribution >= 0.6 is 0 Å². The van der Waals surface area contributed by atoms with Gasteiger partial charge in [-0.05, 0) is 36.8 Å². The Hall–Kier alpha value is -0.910. The molecule has 1 fully saturated rings. The molecule has 0 spiro atoms. The number of primary sulfonamides is 1. The highest BCUT2D eigenvalue weighted by Gasteiger charge is 2.29. The summed E-state index contributed by atoms with van der Waals surface area (Å²) in [5.41, 5.74) is 6.71. The maximum atomic E-state index is 11.4. The number of benzene rings is 1. The van der Waals surface area contributed by atoms with Crippen LogP contribution in [0, 0.1) is 5.92 Å². The molecule has 0 aliphatic heterocycles. The maximum Gasteiger partial charge on any atom is 0.238 e. The minimum atomic E-state index is -3.64. The van der Waals surface area contributed by atoms with Gasteiger partial charge in [-0.2, -0.15) is 0 Å². The Bertz CT molecular complexity index is 481. The van der Waals surface area contributed by atoms with E-state index in [9.17, 15) is 8.42 Å². The fourth-order valence-electron chi connectivity index (χ4n) is 1.90. The first kappa shape index (κ1) is 11.6. The molecular weight excluding hydrogens is 224 g/mol. The van der Waals surface area contributed by atoms with Gasteiger partial charge in [0.05, 0.1) is 4.90 Å². The molecule has 4 nitrogen and oxygen atoms in total. The van der Waals surface area contributed by atoms with Crippen molar-refractivity contribution in [1.82, 2.24) is 0 Å². The zero-order chi connectivity index (χ0) is 11.8. The second-order valence-electron chi connectivity index (χ2n) is 4.36. The van der Waals surface area contributed by atoms with Crippen molar-refractivity contribution < 1.29 is 8.42 Å². The summed E-state index contributed by atoms with van der Waals surface area (Å²) in [6.45, 7) is 0. The minimum Gasteiger partial charge on any atom is -0.327 e. The lowest BCUT2D eigenvalue weighted by molar-refractivity contribution is 0.578. The fraction of sp³-hybridized carbons (Fsp3) is 0.455. The second kappa shape index (κ2) is 4.16. The summed E-state index contributed by atoms with van der Waals surface area (Å²) >= 11 is 0. The van der Waals surface area contributed by atoms with E-state index in [0.717, 1.165) is 18.4 Å². The van der Waals surface area contributed by atoms with Crippen molar-refractivity contribution in [2.24, 2.45) is 16.8 Å². The first-order valence-corrected chi connectivity index (χ1v) is 6.89. The second-order valence-corrected chi connectivity index (χ2v) is 5.89. The Morgan fingerprint density at radius 1 is 1.31 bits per heavy atom. The molecule has 0 heterocycles. The van der Waals surface area contributed by atoms with Crippen molar-refractivity contribution in [2.75, 3.05) is 0 Å². The highest BCUT2D eigenvalue weighted by molar-refractivity contribution is 7.89. The Kier molecular flexibility index (Phi) is 3.01. The first-order chi connectivity index (χ1) is 7.48.